The Morgan fingerprint density at radius 1 is 0.800 bits per heavy atom. The molecule has 1 aromatic heterocycles. The topological polar surface area (TPSA) is 32.3 Å². The first-order valence-electron chi connectivity index (χ1n) is 8.72. The Morgan fingerprint density at radius 2 is 1.52 bits per heavy atom. The van der Waals surface area contributed by atoms with Gasteiger partial charge in [0.2, 0.25) is 5.95 Å². The molecule has 0 aliphatic carbocycles. The molecule has 0 saturated carbocycles. The molecule has 2 aromatic carbocycles. The van der Waals surface area contributed by atoms with Crippen molar-refractivity contribution in [3.63, 3.8) is 0 Å². The molecular formula is C21H24N4. The van der Waals surface area contributed by atoms with Crippen LogP contribution in [0, 0.1) is 6.92 Å². The number of para-hydroxylation sites is 1. The Kier molecular flexibility index (Phi) is 5.29. The summed E-state index contributed by atoms with van der Waals surface area (Å²) in [6.07, 6.45) is 1.84. The number of hydrogen-bond donors (Lipinski definition) is 0. The average molecular weight is 332 g/mol. The fourth-order valence-electron chi connectivity index (χ4n) is 2.94. The van der Waals surface area contributed by atoms with E-state index in [9.17, 15) is 0 Å². The largest absolute Gasteiger partial charge is 0.326 e. The predicted octanol–water partition coefficient (Wildman–Crippen LogP) is 5.10. The second kappa shape index (κ2) is 7.79. The first-order chi connectivity index (χ1) is 12.2. The summed E-state index contributed by atoms with van der Waals surface area (Å²) < 4.78 is 0. The Bertz CT molecular complexity index is 817. The van der Waals surface area contributed by atoms with Gasteiger partial charge < -0.3 is 9.80 Å². The molecule has 0 aliphatic heterocycles. The van der Waals surface area contributed by atoms with Crippen LogP contribution in [0.1, 0.15) is 19.4 Å². The zero-order chi connectivity index (χ0) is 17.6. The third-order valence-electron chi connectivity index (χ3n) is 4.16. The van der Waals surface area contributed by atoms with Crippen molar-refractivity contribution in [3.8, 4) is 0 Å². The van der Waals surface area contributed by atoms with Gasteiger partial charge in [-0.15, -0.1) is 0 Å². The van der Waals surface area contributed by atoms with Crippen molar-refractivity contribution >= 4 is 23.1 Å². The Morgan fingerprint density at radius 3 is 2.20 bits per heavy atom. The van der Waals surface area contributed by atoms with Crippen LogP contribution >= 0.6 is 0 Å². The maximum atomic E-state index is 4.84. The van der Waals surface area contributed by atoms with Crippen LogP contribution in [0.3, 0.4) is 0 Å². The highest BCUT2D eigenvalue weighted by atomic mass is 15.3. The lowest BCUT2D eigenvalue weighted by Gasteiger charge is -2.25. The Hall–Kier alpha value is -2.88. The highest BCUT2D eigenvalue weighted by Crippen LogP contribution is 2.27. The van der Waals surface area contributed by atoms with E-state index in [1.807, 2.05) is 30.5 Å². The number of nitrogens with zero attached hydrogens (tertiary/aromatic N) is 4. The average Bonchev–Trinajstić information content (AvgIpc) is 2.64. The molecule has 3 rings (SSSR count). The predicted molar refractivity (Wildman–Crippen MR) is 105 cm³/mol. The lowest BCUT2D eigenvalue weighted by molar-refractivity contribution is 0.920. The van der Waals surface area contributed by atoms with Crippen molar-refractivity contribution < 1.29 is 0 Å². The summed E-state index contributed by atoms with van der Waals surface area (Å²) in [5.41, 5.74) is 3.49. The first kappa shape index (κ1) is 17.0. The van der Waals surface area contributed by atoms with Crippen LogP contribution in [0.4, 0.5) is 23.1 Å². The van der Waals surface area contributed by atoms with Gasteiger partial charge in [-0.25, -0.2) is 4.98 Å². The molecule has 0 unspecified atom stereocenters. The van der Waals surface area contributed by atoms with Gasteiger partial charge in [0.1, 0.15) is 5.82 Å². The third kappa shape index (κ3) is 3.79. The van der Waals surface area contributed by atoms with Crippen LogP contribution in [-0.4, -0.2) is 23.1 Å². The highest BCUT2D eigenvalue weighted by Gasteiger charge is 2.14. The van der Waals surface area contributed by atoms with Gasteiger partial charge in [-0.1, -0.05) is 30.3 Å². The third-order valence-corrected chi connectivity index (χ3v) is 4.16. The van der Waals surface area contributed by atoms with E-state index in [0.717, 1.165) is 36.2 Å². The quantitative estimate of drug-likeness (QED) is 0.628. The standard InChI is InChI=1S/C21H24N4/c1-4-24(19-13-9-10-17(3)16-19)20-14-15-22-21(23-20)25(5-2)18-11-7-6-8-12-18/h6-16H,4-5H2,1-3H3. The molecule has 0 bridgehead atoms. The summed E-state index contributed by atoms with van der Waals surface area (Å²) in [5, 5.41) is 0. The number of rotatable bonds is 6. The SMILES string of the molecule is CCN(c1cccc(C)c1)c1ccnc(N(CC)c2ccccc2)n1. The van der Waals surface area contributed by atoms with Crippen molar-refractivity contribution in [3.05, 3.63) is 72.4 Å². The normalized spacial score (nSPS) is 10.5. The van der Waals surface area contributed by atoms with Crippen LogP contribution < -0.4 is 9.80 Å². The van der Waals surface area contributed by atoms with Gasteiger partial charge in [0.25, 0.3) is 0 Å². The van der Waals surface area contributed by atoms with Gasteiger partial charge in [0.05, 0.1) is 0 Å². The molecule has 0 atom stereocenters. The Balaban J connectivity index is 1.97. The number of anilines is 4. The number of benzene rings is 2. The molecule has 128 valence electrons. The molecule has 0 aliphatic rings. The molecule has 0 radical (unpaired) electrons. The molecule has 25 heavy (non-hydrogen) atoms. The fourth-order valence-corrected chi connectivity index (χ4v) is 2.94. The van der Waals surface area contributed by atoms with Crippen LogP contribution in [0.15, 0.2) is 66.9 Å². The van der Waals surface area contributed by atoms with Crippen LogP contribution in [0.25, 0.3) is 0 Å². The van der Waals surface area contributed by atoms with Gasteiger partial charge >= 0.3 is 0 Å². The van der Waals surface area contributed by atoms with E-state index in [1.165, 1.54) is 5.56 Å². The van der Waals surface area contributed by atoms with Crippen molar-refractivity contribution in [2.24, 2.45) is 0 Å². The first-order valence-corrected chi connectivity index (χ1v) is 8.72. The van der Waals surface area contributed by atoms with E-state index in [-0.39, 0.29) is 0 Å². The van der Waals surface area contributed by atoms with Gasteiger partial charge in [0.15, 0.2) is 0 Å². The number of aromatic nitrogens is 2. The monoisotopic (exact) mass is 332 g/mol. The van der Waals surface area contributed by atoms with Crippen molar-refractivity contribution in [2.75, 3.05) is 22.9 Å². The van der Waals surface area contributed by atoms with E-state index >= 15 is 0 Å². The van der Waals surface area contributed by atoms with Gasteiger partial charge in [-0.3, -0.25) is 0 Å². The summed E-state index contributed by atoms with van der Waals surface area (Å²) >= 11 is 0. The van der Waals surface area contributed by atoms with Gasteiger partial charge in [-0.2, -0.15) is 4.98 Å². The maximum Gasteiger partial charge on any atom is 0.231 e. The lowest BCUT2D eigenvalue weighted by atomic mass is 10.2. The second-order valence-corrected chi connectivity index (χ2v) is 5.88. The molecule has 0 spiro atoms. The molecule has 0 saturated heterocycles. The van der Waals surface area contributed by atoms with Crippen molar-refractivity contribution in [1.82, 2.24) is 9.97 Å². The smallest absolute Gasteiger partial charge is 0.231 e. The molecule has 1 heterocycles. The van der Waals surface area contributed by atoms with E-state index in [4.69, 9.17) is 4.98 Å². The summed E-state index contributed by atoms with van der Waals surface area (Å²) in [4.78, 5) is 13.7. The van der Waals surface area contributed by atoms with Gasteiger partial charge in [-0.05, 0) is 56.7 Å². The van der Waals surface area contributed by atoms with E-state index in [0.29, 0.717) is 0 Å². The molecule has 0 amide bonds. The number of aryl methyl sites for hydroxylation is 1. The maximum absolute atomic E-state index is 4.84. The summed E-state index contributed by atoms with van der Waals surface area (Å²) in [6.45, 7) is 8.01. The van der Waals surface area contributed by atoms with Crippen molar-refractivity contribution in [2.45, 2.75) is 20.8 Å². The lowest BCUT2D eigenvalue weighted by Crippen LogP contribution is -2.22. The minimum Gasteiger partial charge on any atom is -0.326 e. The van der Waals surface area contributed by atoms with E-state index in [1.54, 1.807) is 0 Å². The summed E-state index contributed by atoms with van der Waals surface area (Å²) in [7, 11) is 0. The van der Waals surface area contributed by atoms with Crippen LogP contribution in [0.5, 0.6) is 0 Å². The molecular weight excluding hydrogens is 308 g/mol. The summed E-state index contributed by atoms with van der Waals surface area (Å²) in [5.74, 6) is 1.63. The molecule has 3 aromatic rings. The zero-order valence-corrected chi connectivity index (χ0v) is 15.1. The second-order valence-electron chi connectivity index (χ2n) is 5.88. The Labute approximate surface area is 149 Å². The minimum absolute atomic E-state index is 0.720. The van der Waals surface area contributed by atoms with Gasteiger partial charge in [0, 0.05) is 30.7 Å². The fraction of sp³-hybridized carbons (Fsp3) is 0.238. The number of hydrogen-bond acceptors (Lipinski definition) is 4. The minimum atomic E-state index is 0.720. The van der Waals surface area contributed by atoms with Crippen molar-refractivity contribution in [1.29, 1.82) is 0 Å². The van der Waals surface area contributed by atoms with Crippen LogP contribution in [-0.2, 0) is 0 Å². The molecule has 4 nitrogen and oxygen atoms in total. The molecule has 0 N–H and O–H groups in total. The van der Waals surface area contributed by atoms with E-state index < -0.39 is 0 Å². The molecule has 4 heteroatoms. The summed E-state index contributed by atoms with van der Waals surface area (Å²) in [6, 6.07) is 20.7. The molecule has 0 fully saturated rings. The zero-order valence-electron chi connectivity index (χ0n) is 15.1. The van der Waals surface area contributed by atoms with Crippen LogP contribution in [0.2, 0.25) is 0 Å². The highest BCUT2D eigenvalue weighted by molar-refractivity contribution is 5.63. The van der Waals surface area contributed by atoms with E-state index in [2.05, 4.69) is 72.0 Å².